The predicted molar refractivity (Wildman–Crippen MR) is 117 cm³/mol. The molecule has 1 aromatic heterocycles. The number of benzene rings is 2. The average Bonchev–Trinajstić information content (AvgIpc) is 3.14. The van der Waals surface area contributed by atoms with Crippen molar-refractivity contribution in [3.05, 3.63) is 75.2 Å². The summed E-state index contributed by atoms with van der Waals surface area (Å²) in [4.78, 5) is 13.2. The molecule has 8 heteroatoms. The number of hydrogen-bond acceptors (Lipinski definition) is 4. The van der Waals surface area contributed by atoms with Crippen LogP contribution in [0.25, 0.3) is 11.3 Å². The van der Waals surface area contributed by atoms with Gasteiger partial charge in [-0.1, -0.05) is 46.6 Å². The number of nitrogens with one attached hydrogen (secondary N) is 1. The van der Waals surface area contributed by atoms with Crippen molar-refractivity contribution >= 4 is 29.1 Å². The molecule has 0 aliphatic carbocycles. The Morgan fingerprint density at radius 2 is 1.87 bits per heavy atom. The molecule has 1 N–H and O–H groups in total. The standard InChI is InChI=1S/C23H21Cl2FN2O3/c1-14-19(21(28-31-14)20-17(25)3-2-4-18(20)26)22(29)27-13-23(9-11-30-12-10-23)15-5-7-16(24)8-6-15/h2-8H,9-13H2,1H3,(H,27,29). The zero-order chi connectivity index (χ0) is 22.0. The second-order valence-corrected chi connectivity index (χ2v) is 8.48. The Balaban J connectivity index is 1.63. The highest BCUT2D eigenvalue weighted by Crippen LogP contribution is 2.36. The minimum Gasteiger partial charge on any atom is -0.381 e. The highest BCUT2D eigenvalue weighted by Gasteiger charge is 2.36. The van der Waals surface area contributed by atoms with Gasteiger partial charge in [0.15, 0.2) is 0 Å². The second-order valence-electron chi connectivity index (χ2n) is 7.64. The quantitative estimate of drug-likeness (QED) is 0.537. The third-order valence-corrected chi connectivity index (χ3v) is 6.35. The number of carbonyl (C=O) groups excluding carboxylic acids is 1. The summed E-state index contributed by atoms with van der Waals surface area (Å²) in [5.74, 6) is -0.677. The first-order chi connectivity index (χ1) is 14.9. The van der Waals surface area contributed by atoms with Gasteiger partial charge in [0.25, 0.3) is 5.91 Å². The van der Waals surface area contributed by atoms with Gasteiger partial charge >= 0.3 is 0 Å². The first kappa shape index (κ1) is 21.8. The van der Waals surface area contributed by atoms with Gasteiger partial charge < -0.3 is 14.6 Å². The Labute approximate surface area is 189 Å². The topological polar surface area (TPSA) is 64.4 Å². The fourth-order valence-electron chi connectivity index (χ4n) is 4.01. The van der Waals surface area contributed by atoms with Crippen molar-refractivity contribution in [1.82, 2.24) is 10.5 Å². The minimum atomic E-state index is -0.572. The van der Waals surface area contributed by atoms with Crippen molar-refractivity contribution in [2.75, 3.05) is 19.8 Å². The largest absolute Gasteiger partial charge is 0.381 e. The van der Waals surface area contributed by atoms with E-state index in [4.69, 9.17) is 32.5 Å². The summed E-state index contributed by atoms with van der Waals surface area (Å²) < 4.78 is 25.2. The molecule has 4 rings (SSSR count). The molecular formula is C23H21Cl2FN2O3. The fourth-order valence-corrected chi connectivity index (χ4v) is 4.38. The summed E-state index contributed by atoms with van der Waals surface area (Å²) in [5, 5.41) is 7.73. The number of amides is 1. The monoisotopic (exact) mass is 462 g/mol. The van der Waals surface area contributed by atoms with E-state index in [9.17, 15) is 9.18 Å². The van der Waals surface area contributed by atoms with Crippen molar-refractivity contribution in [3.8, 4) is 11.3 Å². The van der Waals surface area contributed by atoms with Crippen LogP contribution in [0.3, 0.4) is 0 Å². The van der Waals surface area contributed by atoms with E-state index in [1.54, 1.807) is 13.0 Å². The molecular weight excluding hydrogens is 442 g/mol. The van der Waals surface area contributed by atoms with Gasteiger partial charge in [0.2, 0.25) is 0 Å². The van der Waals surface area contributed by atoms with Crippen LogP contribution in [0, 0.1) is 12.7 Å². The van der Waals surface area contributed by atoms with Crippen LogP contribution in [0.1, 0.15) is 34.5 Å². The molecule has 31 heavy (non-hydrogen) atoms. The maximum atomic E-state index is 14.5. The van der Waals surface area contributed by atoms with Crippen LogP contribution in [-0.2, 0) is 10.2 Å². The molecule has 0 unspecified atom stereocenters. The van der Waals surface area contributed by atoms with Crippen LogP contribution in [0.2, 0.25) is 10.0 Å². The van der Waals surface area contributed by atoms with Crippen molar-refractivity contribution in [1.29, 1.82) is 0 Å². The van der Waals surface area contributed by atoms with Gasteiger partial charge in [-0.15, -0.1) is 0 Å². The minimum absolute atomic E-state index is 0.0460. The van der Waals surface area contributed by atoms with E-state index < -0.39 is 11.7 Å². The van der Waals surface area contributed by atoms with E-state index >= 15 is 0 Å². The van der Waals surface area contributed by atoms with Crippen LogP contribution in [0.5, 0.6) is 0 Å². The van der Waals surface area contributed by atoms with E-state index in [0.29, 0.717) is 30.5 Å². The molecule has 1 aliphatic heterocycles. The molecule has 2 heterocycles. The lowest BCUT2D eigenvalue weighted by atomic mass is 9.74. The Kier molecular flexibility index (Phi) is 6.32. The fraction of sp³-hybridized carbons (Fsp3) is 0.304. The molecule has 162 valence electrons. The maximum Gasteiger partial charge on any atom is 0.257 e. The predicted octanol–water partition coefficient (Wildman–Crippen LogP) is 5.57. The second kappa shape index (κ2) is 8.99. The number of halogens is 3. The molecule has 0 atom stereocenters. The van der Waals surface area contributed by atoms with Gasteiger partial charge in [0.1, 0.15) is 22.8 Å². The number of nitrogens with zero attached hydrogens (tertiary/aromatic N) is 1. The molecule has 0 bridgehead atoms. The van der Waals surface area contributed by atoms with Gasteiger partial charge in [0.05, 0.1) is 10.6 Å². The number of ether oxygens (including phenoxy) is 1. The van der Waals surface area contributed by atoms with Crippen molar-refractivity contribution < 1.29 is 18.4 Å². The maximum absolute atomic E-state index is 14.5. The SMILES string of the molecule is Cc1onc(-c2c(F)cccc2Cl)c1C(=O)NCC1(c2ccc(Cl)cc2)CCOCC1. The number of aromatic nitrogens is 1. The van der Waals surface area contributed by atoms with Crippen molar-refractivity contribution in [2.45, 2.75) is 25.2 Å². The highest BCUT2D eigenvalue weighted by molar-refractivity contribution is 6.33. The van der Waals surface area contributed by atoms with Gasteiger partial charge in [-0.05, 0) is 49.6 Å². The van der Waals surface area contributed by atoms with Crippen LogP contribution in [-0.4, -0.2) is 30.8 Å². The third kappa shape index (κ3) is 4.33. The Morgan fingerprint density at radius 1 is 1.16 bits per heavy atom. The van der Waals surface area contributed by atoms with Crippen LogP contribution in [0.15, 0.2) is 47.0 Å². The first-order valence-corrected chi connectivity index (χ1v) is 10.7. The normalized spacial score (nSPS) is 15.6. The van der Waals surface area contributed by atoms with Crippen LogP contribution in [0.4, 0.5) is 4.39 Å². The lowest BCUT2D eigenvalue weighted by Gasteiger charge is -2.38. The Morgan fingerprint density at radius 3 is 2.55 bits per heavy atom. The molecule has 0 saturated carbocycles. The van der Waals surface area contributed by atoms with Gasteiger partial charge in [-0.2, -0.15) is 0 Å². The summed E-state index contributed by atoms with van der Waals surface area (Å²) in [7, 11) is 0. The molecule has 0 radical (unpaired) electrons. The molecule has 1 fully saturated rings. The van der Waals surface area contributed by atoms with E-state index in [1.807, 2.05) is 24.3 Å². The van der Waals surface area contributed by atoms with Crippen LogP contribution < -0.4 is 5.32 Å². The molecule has 1 aliphatic rings. The molecule has 0 spiro atoms. The van der Waals surface area contributed by atoms with Gasteiger partial charge in [-0.25, -0.2) is 4.39 Å². The van der Waals surface area contributed by atoms with E-state index in [1.165, 1.54) is 12.1 Å². The lowest BCUT2D eigenvalue weighted by molar-refractivity contribution is 0.0487. The average molecular weight is 463 g/mol. The first-order valence-electron chi connectivity index (χ1n) is 9.94. The zero-order valence-corrected chi connectivity index (χ0v) is 18.4. The number of carbonyl (C=O) groups is 1. The Hall–Kier alpha value is -2.41. The van der Waals surface area contributed by atoms with E-state index in [2.05, 4.69) is 10.5 Å². The molecule has 3 aromatic rings. The Bertz CT molecular complexity index is 1070. The summed E-state index contributed by atoms with van der Waals surface area (Å²) in [6, 6.07) is 12.0. The zero-order valence-electron chi connectivity index (χ0n) is 16.9. The third-order valence-electron chi connectivity index (χ3n) is 5.78. The summed E-state index contributed by atoms with van der Waals surface area (Å²) >= 11 is 12.2. The van der Waals surface area contributed by atoms with Crippen molar-refractivity contribution in [3.63, 3.8) is 0 Å². The van der Waals surface area contributed by atoms with Crippen molar-refractivity contribution in [2.24, 2.45) is 0 Å². The smallest absolute Gasteiger partial charge is 0.257 e. The van der Waals surface area contributed by atoms with E-state index in [-0.39, 0.29) is 27.3 Å². The molecule has 1 amide bonds. The van der Waals surface area contributed by atoms with Gasteiger partial charge in [-0.3, -0.25) is 4.79 Å². The lowest BCUT2D eigenvalue weighted by Crippen LogP contribution is -2.44. The molecule has 5 nitrogen and oxygen atoms in total. The number of hydrogen-bond donors (Lipinski definition) is 1. The number of aryl methyl sites for hydroxylation is 1. The number of rotatable bonds is 5. The van der Waals surface area contributed by atoms with Gasteiger partial charge in [0, 0.05) is 30.2 Å². The summed E-state index contributed by atoms with van der Waals surface area (Å²) in [6.45, 7) is 3.19. The summed E-state index contributed by atoms with van der Waals surface area (Å²) in [5.41, 5.74) is 1.10. The molecule has 1 saturated heterocycles. The molecule has 2 aromatic carbocycles. The summed E-state index contributed by atoms with van der Waals surface area (Å²) in [6.07, 6.45) is 1.51. The highest BCUT2D eigenvalue weighted by atomic mass is 35.5. The van der Waals surface area contributed by atoms with Crippen LogP contribution >= 0.6 is 23.2 Å². The van der Waals surface area contributed by atoms with E-state index in [0.717, 1.165) is 18.4 Å².